The highest BCUT2D eigenvalue weighted by Crippen LogP contribution is 2.25. The number of hydrogen-bond donors (Lipinski definition) is 2. The Morgan fingerprint density at radius 1 is 1.29 bits per heavy atom. The summed E-state index contributed by atoms with van der Waals surface area (Å²) in [5.74, 6) is 0.856. The van der Waals surface area contributed by atoms with Crippen molar-refractivity contribution in [3.8, 4) is 0 Å². The first-order valence-electron chi connectivity index (χ1n) is 7.13. The van der Waals surface area contributed by atoms with Gasteiger partial charge in [-0.15, -0.1) is 0 Å². The standard InChI is InChI=1S/C15H17N5O2S2/c1-20(2)13-7-10(11-5-3-4-6-12(11)19-13)8-17-15-18-9-14(23-15)24(16,21)22/h3-7,9H,8H2,1-2H3,(H,17,18)(H2,16,21,22). The monoisotopic (exact) mass is 363 g/mol. The third-order valence-corrected chi connectivity index (χ3v) is 5.80. The van der Waals surface area contributed by atoms with E-state index in [9.17, 15) is 8.42 Å². The lowest BCUT2D eigenvalue weighted by molar-refractivity contribution is 0.599. The number of fused-ring (bicyclic) bond motifs is 1. The molecule has 7 nitrogen and oxygen atoms in total. The molecule has 0 radical (unpaired) electrons. The van der Waals surface area contributed by atoms with E-state index in [1.54, 1.807) is 0 Å². The summed E-state index contributed by atoms with van der Waals surface area (Å²) in [5.41, 5.74) is 1.96. The zero-order valence-electron chi connectivity index (χ0n) is 13.2. The van der Waals surface area contributed by atoms with E-state index in [4.69, 9.17) is 5.14 Å². The van der Waals surface area contributed by atoms with Crippen LogP contribution in [0.25, 0.3) is 10.9 Å². The molecule has 3 rings (SSSR count). The largest absolute Gasteiger partial charge is 0.363 e. The Balaban J connectivity index is 1.90. The van der Waals surface area contributed by atoms with Gasteiger partial charge in [0.05, 0.1) is 11.7 Å². The Kier molecular flexibility index (Phi) is 4.39. The van der Waals surface area contributed by atoms with Crippen molar-refractivity contribution < 1.29 is 8.42 Å². The summed E-state index contributed by atoms with van der Waals surface area (Å²) in [4.78, 5) is 10.6. The van der Waals surface area contributed by atoms with Crippen LogP contribution in [-0.2, 0) is 16.6 Å². The first-order chi connectivity index (χ1) is 11.3. The number of benzene rings is 1. The molecule has 3 aromatic rings. The molecular formula is C15H17N5O2S2. The Morgan fingerprint density at radius 2 is 2.04 bits per heavy atom. The SMILES string of the molecule is CN(C)c1cc(CNc2ncc(S(N)(=O)=O)s2)c2ccccc2n1. The average Bonchev–Trinajstić information content (AvgIpc) is 3.01. The molecule has 0 aliphatic carbocycles. The lowest BCUT2D eigenvalue weighted by Crippen LogP contribution is -2.12. The summed E-state index contributed by atoms with van der Waals surface area (Å²) in [6.07, 6.45) is 1.26. The molecule has 3 N–H and O–H groups in total. The molecule has 24 heavy (non-hydrogen) atoms. The fourth-order valence-corrected chi connectivity index (χ4v) is 3.70. The van der Waals surface area contributed by atoms with E-state index in [0.29, 0.717) is 11.7 Å². The van der Waals surface area contributed by atoms with Crippen LogP contribution in [0.15, 0.2) is 40.7 Å². The maximum atomic E-state index is 11.3. The molecule has 2 aromatic heterocycles. The molecule has 0 saturated carbocycles. The number of nitrogens with two attached hydrogens (primary N) is 1. The number of thiazole rings is 1. The summed E-state index contributed by atoms with van der Waals surface area (Å²) in [5, 5.41) is 9.81. The zero-order valence-corrected chi connectivity index (χ0v) is 14.9. The maximum Gasteiger partial charge on any atom is 0.249 e. The predicted molar refractivity (Wildman–Crippen MR) is 96.9 cm³/mol. The minimum atomic E-state index is -3.72. The first kappa shape index (κ1) is 16.6. The van der Waals surface area contributed by atoms with Gasteiger partial charge in [0.2, 0.25) is 10.0 Å². The van der Waals surface area contributed by atoms with Crippen LogP contribution in [0.5, 0.6) is 0 Å². The van der Waals surface area contributed by atoms with Gasteiger partial charge in [-0.3, -0.25) is 0 Å². The van der Waals surface area contributed by atoms with Crippen molar-refractivity contribution in [2.75, 3.05) is 24.3 Å². The van der Waals surface area contributed by atoms with E-state index in [1.165, 1.54) is 6.20 Å². The second-order valence-electron chi connectivity index (χ2n) is 5.43. The van der Waals surface area contributed by atoms with E-state index in [1.807, 2.05) is 49.3 Å². The Bertz CT molecular complexity index is 982. The lowest BCUT2D eigenvalue weighted by Gasteiger charge is -2.15. The number of para-hydroxylation sites is 1. The number of hydrogen-bond acceptors (Lipinski definition) is 7. The maximum absolute atomic E-state index is 11.3. The van der Waals surface area contributed by atoms with E-state index < -0.39 is 10.0 Å². The topological polar surface area (TPSA) is 101 Å². The highest BCUT2D eigenvalue weighted by Gasteiger charge is 2.13. The van der Waals surface area contributed by atoms with Crippen LogP contribution in [-0.4, -0.2) is 32.5 Å². The Morgan fingerprint density at radius 3 is 2.71 bits per heavy atom. The van der Waals surface area contributed by atoms with Gasteiger partial charge in [0.1, 0.15) is 5.82 Å². The van der Waals surface area contributed by atoms with Crippen molar-refractivity contribution in [2.24, 2.45) is 5.14 Å². The summed E-state index contributed by atoms with van der Waals surface area (Å²) in [6, 6.07) is 9.89. The van der Waals surface area contributed by atoms with Gasteiger partial charge >= 0.3 is 0 Å². The van der Waals surface area contributed by atoms with Gasteiger partial charge in [-0.2, -0.15) is 0 Å². The number of primary sulfonamides is 1. The lowest BCUT2D eigenvalue weighted by atomic mass is 10.1. The van der Waals surface area contributed by atoms with Crippen LogP contribution in [0.3, 0.4) is 0 Å². The molecule has 2 heterocycles. The number of rotatable bonds is 5. The fourth-order valence-electron chi connectivity index (χ4n) is 2.25. The number of sulfonamides is 1. The molecule has 126 valence electrons. The van der Waals surface area contributed by atoms with Crippen LogP contribution >= 0.6 is 11.3 Å². The summed E-state index contributed by atoms with van der Waals surface area (Å²) >= 11 is 1.01. The average molecular weight is 363 g/mol. The van der Waals surface area contributed by atoms with Gasteiger partial charge in [0.15, 0.2) is 9.34 Å². The normalized spacial score (nSPS) is 11.6. The minimum absolute atomic E-state index is 0.0403. The van der Waals surface area contributed by atoms with E-state index >= 15 is 0 Å². The van der Waals surface area contributed by atoms with Crippen molar-refractivity contribution in [3.63, 3.8) is 0 Å². The van der Waals surface area contributed by atoms with Gasteiger partial charge in [-0.25, -0.2) is 23.5 Å². The summed E-state index contributed by atoms with van der Waals surface area (Å²) < 4.78 is 22.7. The molecule has 0 spiro atoms. The molecule has 9 heteroatoms. The number of nitrogens with zero attached hydrogens (tertiary/aromatic N) is 3. The smallest absolute Gasteiger partial charge is 0.249 e. The third kappa shape index (κ3) is 3.48. The summed E-state index contributed by atoms with van der Waals surface area (Å²) in [7, 11) is 0.158. The second-order valence-corrected chi connectivity index (χ2v) is 8.25. The Hall–Kier alpha value is -2.23. The van der Waals surface area contributed by atoms with Crippen LogP contribution in [0.4, 0.5) is 10.9 Å². The molecule has 0 aliphatic heterocycles. The van der Waals surface area contributed by atoms with Gasteiger partial charge in [-0.1, -0.05) is 29.5 Å². The minimum Gasteiger partial charge on any atom is -0.363 e. The van der Waals surface area contributed by atoms with Gasteiger partial charge < -0.3 is 10.2 Å². The molecule has 0 amide bonds. The molecule has 0 unspecified atom stereocenters. The highest BCUT2D eigenvalue weighted by molar-refractivity contribution is 7.91. The number of anilines is 2. The van der Waals surface area contributed by atoms with Crippen LogP contribution in [0, 0.1) is 0 Å². The third-order valence-electron chi connectivity index (χ3n) is 3.44. The second kappa shape index (κ2) is 6.34. The molecule has 0 aliphatic rings. The van der Waals surface area contributed by atoms with Crippen LogP contribution in [0.1, 0.15) is 5.56 Å². The number of aromatic nitrogens is 2. The van der Waals surface area contributed by atoms with Crippen LogP contribution in [0.2, 0.25) is 0 Å². The van der Waals surface area contributed by atoms with Crippen molar-refractivity contribution in [1.82, 2.24) is 9.97 Å². The summed E-state index contributed by atoms with van der Waals surface area (Å²) in [6.45, 7) is 0.501. The molecule has 0 bridgehead atoms. The van der Waals surface area contributed by atoms with E-state index in [0.717, 1.165) is 33.6 Å². The molecule has 0 fully saturated rings. The highest BCUT2D eigenvalue weighted by atomic mass is 32.2. The van der Waals surface area contributed by atoms with Gasteiger partial charge in [0.25, 0.3) is 0 Å². The first-order valence-corrected chi connectivity index (χ1v) is 9.49. The fraction of sp³-hybridized carbons (Fsp3) is 0.200. The van der Waals surface area contributed by atoms with E-state index in [2.05, 4.69) is 15.3 Å². The molecular weight excluding hydrogens is 346 g/mol. The van der Waals surface area contributed by atoms with Crippen molar-refractivity contribution >= 4 is 43.2 Å². The van der Waals surface area contributed by atoms with Crippen LogP contribution < -0.4 is 15.4 Å². The number of pyridine rings is 1. The molecule has 0 saturated heterocycles. The molecule has 0 atom stereocenters. The van der Waals surface area contributed by atoms with Crippen molar-refractivity contribution in [2.45, 2.75) is 10.8 Å². The zero-order chi connectivity index (χ0) is 17.3. The molecule has 1 aromatic carbocycles. The van der Waals surface area contributed by atoms with Gasteiger partial charge in [-0.05, 0) is 17.7 Å². The Labute approximate surface area is 144 Å². The quantitative estimate of drug-likeness (QED) is 0.719. The number of nitrogens with one attached hydrogen (secondary N) is 1. The predicted octanol–water partition coefficient (Wildman–Crippen LogP) is 2.02. The van der Waals surface area contributed by atoms with E-state index in [-0.39, 0.29) is 4.21 Å². The van der Waals surface area contributed by atoms with Crippen molar-refractivity contribution in [1.29, 1.82) is 0 Å². The van der Waals surface area contributed by atoms with Gasteiger partial charge in [0, 0.05) is 26.0 Å². The van der Waals surface area contributed by atoms with Crippen molar-refractivity contribution in [3.05, 3.63) is 42.1 Å².